The van der Waals surface area contributed by atoms with E-state index in [1.54, 1.807) is 16.6 Å². The van der Waals surface area contributed by atoms with Crippen LogP contribution >= 0.6 is 11.3 Å². The molecule has 1 unspecified atom stereocenters. The summed E-state index contributed by atoms with van der Waals surface area (Å²) in [7, 11) is 1.63. The van der Waals surface area contributed by atoms with Crippen molar-refractivity contribution in [1.29, 1.82) is 0 Å². The first-order chi connectivity index (χ1) is 12.8. The van der Waals surface area contributed by atoms with Crippen molar-refractivity contribution >= 4 is 34.1 Å². The molecule has 2 aromatic heterocycles. The highest BCUT2D eigenvalue weighted by Gasteiger charge is 2.34. The van der Waals surface area contributed by atoms with Crippen molar-refractivity contribution in [2.75, 3.05) is 25.5 Å². The van der Waals surface area contributed by atoms with Gasteiger partial charge in [-0.15, -0.1) is 11.3 Å². The van der Waals surface area contributed by atoms with Crippen molar-refractivity contribution in [1.82, 2.24) is 19.6 Å². The monoisotopic (exact) mass is 387 g/mol. The number of fused-ring (bicyclic) bond motifs is 3. The molecule has 0 aromatic carbocycles. The van der Waals surface area contributed by atoms with Gasteiger partial charge in [0.25, 0.3) is 5.91 Å². The van der Waals surface area contributed by atoms with Crippen LogP contribution in [-0.4, -0.2) is 57.4 Å². The van der Waals surface area contributed by atoms with Gasteiger partial charge in [0.15, 0.2) is 0 Å². The predicted octanol–water partition coefficient (Wildman–Crippen LogP) is 1.42. The van der Waals surface area contributed by atoms with Crippen LogP contribution in [0.4, 0.5) is 5.00 Å². The Labute approximate surface area is 160 Å². The Balaban J connectivity index is 1.59. The normalized spacial score (nSPS) is 17.9. The molecule has 142 valence electrons. The number of hydrogen-bond acceptors (Lipinski definition) is 5. The summed E-state index contributed by atoms with van der Waals surface area (Å²) in [5.74, 6) is -0.334. The molecule has 8 nitrogen and oxygen atoms in total. The molecule has 27 heavy (non-hydrogen) atoms. The number of carbonyl (C=O) groups excluding carboxylic acids is 3. The molecule has 4 rings (SSSR count). The van der Waals surface area contributed by atoms with Crippen molar-refractivity contribution in [2.24, 2.45) is 0 Å². The quantitative estimate of drug-likeness (QED) is 0.844. The van der Waals surface area contributed by atoms with Crippen LogP contribution in [-0.2, 0) is 22.6 Å². The van der Waals surface area contributed by atoms with E-state index in [4.69, 9.17) is 0 Å². The van der Waals surface area contributed by atoms with Crippen LogP contribution in [0.5, 0.6) is 0 Å². The van der Waals surface area contributed by atoms with Crippen LogP contribution in [0.3, 0.4) is 0 Å². The molecule has 0 aliphatic carbocycles. The molecule has 3 amide bonds. The number of likely N-dealkylation sites (N-methyl/N-ethyl adjacent to an activating group) is 1. The number of hydrogen-bond donors (Lipinski definition) is 1. The van der Waals surface area contributed by atoms with E-state index in [9.17, 15) is 14.4 Å². The lowest BCUT2D eigenvalue weighted by molar-refractivity contribution is -0.135. The van der Waals surface area contributed by atoms with Crippen LogP contribution in [0.25, 0.3) is 0 Å². The number of thiophene rings is 1. The fourth-order valence-electron chi connectivity index (χ4n) is 3.58. The lowest BCUT2D eigenvalue weighted by atomic mass is 10.0. The van der Waals surface area contributed by atoms with Crippen molar-refractivity contribution < 1.29 is 14.4 Å². The lowest BCUT2D eigenvalue weighted by Crippen LogP contribution is -2.40. The van der Waals surface area contributed by atoms with Gasteiger partial charge in [-0.3, -0.25) is 19.1 Å². The van der Waals surface area contributed by atoms with Gasteiger partial charge in [-0.05, 0) is 31.9 Å². The predicted molar refractivity (Wildman–Crippen MR) is 101 cm³/mol. The van der Waals surface area contributed by atoms with Gasteiger partial charge >= 0.3 is 0 Å². The Morgan fingerprint density at radius 3 is 2.81 bits per heavy atom. The van der Waals surface area contributed by atoms with Gasteiger partial charge in [-0.25, -0.2) is 0 Å². The number of aryl methyl sites for hydroxylation is 1. The van der Waals surface area contributed by atoms with Crippen LogP contribution in [0.1, 0.15) is 39.5 Å². The van der Waals surface area contributed by atoms with E-state index < -0.39 is 0 Å². The maximum atomic E-state index is 12.9. The minimum Gasteiger partial charge on any atom is -0.335 e. The summed E-state index contributed by atoms with van der Waals surface area (Å²) in [5.41, 5.74) is 2.42. The molecule has 4 heterocycles. The number of anilines is 1. The third kappa shape index (κ3) is 3.01. The molecule has 0 spiro atoms. The maximum Gasteiger partial charge on any atom is 0.257 e. The van der Waals surface area contributed by atoms with Gasteiger partial charge in [0, 0.05) is 24.7 Å². The topological polar surface area (TPSA) is 87.5 Å². The van der Waals surface area contributed by atoms with Crippen molar-refractivity contribution in [3.63, 3.8) is 0 Å². The molecule has 0 fully saturated rings. The third-order valence-corrected chi connectivity index (χ3v) is 6.19. The number of rotatable bonds is 2. The molecular formula is C18H21N5O3S. The molecular weight excluding hydrogens is 366 g/mol. The Morgan fingerprint density at radius 2 is 2.11 bits per heavy atom. The summed E-state index contributed by atoms with van der Waals surface area (Å²) in [4.78, 5) is 41.8. The second-order valence-corrected chi connectivity index (χ2v) is 8.15. The largest absolute Gasteiger partial charge is 0.335 e. The van der Waals surface area contributed by atoms with Crippen molar-refractivity contribution in [3.05, 3.63) is 34.0 Å². The first kappa shape index (κ1) is 17.7. The zero-order chi connectivity index (χ0) is 19.3. The second kappa shape index (κ2) is 6.49. The molecule has 0 bridgehead atoms. The zero-order valence-corrected chi connectivity index (χ0v) is 16.3. The molecule has 2 aliphatic rings. The van der Waals surface area contributed by atoms with Gasteiger partial charge in [-0.1, -0.05) is 0 Å². The highest BCUT2D eigenvalue weighted by molar-refractivity contribution is 7.17. The Morgan fingerprint density at radius 1 is 1.33 bits per heavy atom. The summed E-state index contributed by atoms with van der Waals surface area (Å²) in [6.45, 7) is 4.78. The fraction of sp³-hybridized carbons (Fsp3) is 0.444. The van der Waals surface area contributed by atoms with Crippen LogP contribution < -0.4 is 5.32 Å². The Hall–Kier alpha value is -2.68. The molecule has 2 aromatic rings. The molecule has 1 N–H and O–H groups in total. The maximum absolute atomic E-state index is 12.9. The number of carbonyl (C=O) groups is 3. The number of nitrogens with zero attached hydrogens (tertiary/aromatic N) is 4. The minimum atomic E-state index is -0.384. The van der Waals surface area contributed by atoms with Gasteiger partial charge in [0.1, 0.15) is 11.0 Å². The lowest BCUT2D eigenvalue weighted by Gasteiger charge is -2.30. The average Bonchev–Trinajstić information content (AvgIpc) is 3.19. The SMILES string of the molecule is Cc1ccn(C(C)C(=O)N2CCc3c(sc4c3C(=O)N(C)CC(=O)N4)C2)n1. The third-order valence-electron chi connectivity index (χ3n) is 5.06. The highest BCUT2D eigenvalue weighted by atomic mass is 32.1. The number of nitrogens with one attached hydrogen (secondary N) is 1. The molecule has 0 radical (unpaired) electrons. The molecule has 9 heteroatoms. The summed E-state index contributed by atoms with van der Waals surface area (Å²) < 4.78 is 1.68. The summed E-state index contributed by atoms with van der Waals surface area (Å²) in [5, 5.41) is 7.77. The smallest absolute Gasteiger partial charge is 0.257 e. The first-order valence-electron chi connectivity index (χ1n) is 8.85. The van der Waals surface area contributed by atoms with E-state index in [1.165, 1.54) is 16.2 Å². The van der Waals surface area contributed by atoms with E-state index in [0.717, 1.165) is 16.1 Å². The van der Waals surface area contributed by atoms with E-state index in [2.05, 4.69) is 10.4 Å². The molecule has 1 atom stereocenters. The van der Waals surface area contributed by atoms with Crippen LogP contribution in [0.15, 0.2) is 12.3 Å². The standard InChI is InChI=1S/C18H21N5O3S/c1-10-4-7-23(20-10)11(2)17(25)22-6-5-12-13(8-22)27-16-15(12)18(26)21(3)9-14(24)19-16/h4,7,11H,5-6,8-9H2,1-3H3,(H,19,24). The van der Waals surface area contributed by atoms with E-state index in [-0.39, 0.29) is 30.3 Å². The van der Waals surface area contributed by atoms with Gasteiger partial charge in [0.2, 0.25) is 11.8 Å². The van der Waals surface area contributed by atoms with Crippen molar-refractivity contribution in [2.45, 2.75) is 32.9 Å². The highest BCUT2D eigenvalue weighted by Crippen LogP contribution is 2.39. The Kier molecular flexibility index (Phi) is 4.26. The van der Waals surface area contributed by atoms with Gasteiger partial charge in [0.05, 0.1) is 24.3 Å². The van der Waals surface area contributed by atoms with E-state index in [1.807, 2.05) is 26.1 Å². The number of aromatic nitrogens is 2. The van der Waals surface area contributed by atoms with E-state index >= 15 is 0 Å². The van der Waals surface area contributed by atoms with E-state index in [0.29, 0.717) is 30.1 Å². The average molecular weight is 387 g/mol. The summed E-state index contributed by atoms with van der Waals surface area (Å²) in [6, 6.07) is 1.49. The van der Waals surface area contributed by atoms with Crippen molar-refractivity contribution in [3.8, 4) is 0 Å². The minimum absolute atomic E-state index is 0.000163. The van der Waals surface area contributed by atoms with Gasteiger partial charge in [-0.2, -0.15) is 5.10 Å². The molecule has 2 aliphatic heterocycles. The van der Waals surface area contributed by atoms with Crippen LogP contribution in [0.2, 0.25) is 0 Å². The first-order valence-corrected chi connectivity index (χ1v) is 9.67. The molecule has 0 saturated heterocycles. The number of amides is 3. The van der Waals surface area contributed by atoms with Crippen LogP contribution in [0, 0.1) is 6.92 Å². The molecule has 0 saturated carbocycles. The summed E-state index contributed by atoms with van der Waals surface area (Å²) >= 11 is 1.40. The second-order valence-electron chi connectivity index (χ2n) is 7.04. The van der Waals surface area contributed by atoms with Gasteiger partial charge < -0.3 is 15.1 Å². The fourth-order valence-corrected chi connectivity index (χ4v) is 4.85. The summed E-state index contributed by atoms with van der Waals surface area (Å²) in [6.07, 6.45) is 2.41. The Bertz CT molecular complexity index is 947. The zero-order valence-electron chi connectivity index (χ0n) is 15.5.